The Morgan fingerprint density at radius 2 is 1.69 bits per heavy atom. The third kappa shape index (κ3) is 3.61. The molecule has 0 bridgehead atoms. The summed E-state index contributed by atoms with van der Waals surface area (Å²) in [4.78, 5) is 0. The molecule has 0 aliphatic heterocycles. The van der Waals surface area contributed by atoms with E-state index >= 15 is 0 Å². The summed E-state index contributed by atoms with van der Waals surface area (Å²) in [5.41, 5.74) is 0. The summed E-state index contributed by atoms with van der Waals surface area (Å²) in [6, 6.07) is 0. The van der Waals surface area contributed by atoms with Crippen LogP contribution in [0, 0.1) is 11.8 Å². The first kappa shape index (κ1) is 10.9. The lowest BCUT2D eigenvalue weighted by Gasteiger charge is -2.18. The number of alkyl halides is 2. The van der Waals surface area contributed by atoms with E-state index in [1.165, 1.54) is 0 Å². The maximum absolute atomic E-state index is 13.4. The molecule has 0 aromatic heterocycles. The molecule has 0 radical (unpaired) electrons. The van der Waals surface area contributed by atoms with Crippen LogP contribution in [0.1, 0.15) is 46.0 Å². The Labute approximate surface area is 79.7 Å². The minimum absolute atomic E-state index is 0.0337. The van der Waals surface area contributed by atoms with Gasteiger partial charge in [0.2, 0.25) is 0 Å². The summed E-state index contributed by atoms with van der Waals surface area (Å²) in [5.74, 6) is 0.588. The van der Waals surface area contributed by atoms with Crippen LogP contribution in [0.15, 0.2) is 0 Å². The van der Waals surface area contributed by atoms with Gasteiger partial charge in [-0.25, -0.2) is 8.78 Å². The number of halogens is 2. The highest BCUT2D eigenvalue weighted by Crippen LogP contribution is 2.28. The van der Waals surface area contributed by atoms with Gasteiger partial charge in [0.15, 0.2) is 0 Å². The molecule has 0 nitrogen and oxygen atoms in total. The average molecular weight is 190 g/mol. The van der Waals surface area contributed by atoms with Crippen LogP contribution in [0.5, 0.6) is 0 Å². The van der Waals surface area contributed by atoms with E-state index in [1.54, 1.807) is 0 Å². The quantitative estimate of drug-likeness (QED) is 0.543. The van der Waals surface area contributed by atoms with Crippen LogP contribution in [0.2, 0.25) is 0 Å². The first-order chi connectivity index (χ1) is 6.09. The minimum atomic E-state index is -0.935. The van der Waals surface area contributed by atoms with Gasteiger partial charge in [0, 0.05) is 6.42 Å². The molecule has 13 heavy (non-hydrogen) atoms. The molecule has 0 N–H and O–H groups in total. The maximum atomic E-state index is 13.4. The monoisotopic (exact) mass is 190 g/mol. The van der Waals surface area contributed by atoms with E-state index in [9.17, 15) is 8.78 Å². The molecule has 0 saturated heterocycles. The second-order valence-corrected chi connectivity index (χ2v) is 4.60. The topological polar surface area (TPSA) is 0 Å². The van der Waals surface area contributed by atoms with Crippen molar-refractivity contribution in [2.75, 3.05) is 0 Å². The first-order valence-electron chi connectivity index (χ1n) is 5.37. The van der Waals surface area contributed by atoms with Crippen molar-refractivity contribution in [3.63, 3.8) is 0 Å². The average Bonchev–Trinajstić information content (AvgIpc) is 2.06. The van der Waals surface area contributed by atoms with E-state index < -0.39 is 12.3 Å². The molecule has 1 aliphatic rings. The second-order valence-electron chi connectivity index (χ2n) is 4.60. The molecule has 78 valence electrons. The van der Waals surface area contributed by atoms with Gasteiger partial charge in [0.1, 0.15) is 12.3 Å². The van der Waals surface area contributed by atoms with Crippen LogP contribution < -0.4 is 0 Å². The van der Waals surface area contributed by atoms with Crippen molar-refractivity contribution in [1.29, 1.82) is 0 Å². The molecule has 1 fully saturated rings. The fourth-order valence-corrected chi connectivity index (χ4v) is 2.18. The lowest BCUT2D eigenvalue weighted by atomic mass is 9.91. The summed E-state index contributed by atoms with van der Waals surface area (Å²) >= 11 is 0. The third-order valence-electron chi connectivity index (χ3n) is 3.09. The summed E-state index contributed by atoms with van der Waals surface area (Å²) < 4.78 is 26.5. The molecule has 0 spiro atoms. The molecule has 3 unspecified atom stereocenters. The van der Waals surface area contributed by atoms with E-state index in [0.717, 1.165) is 19.3 Å². The fraction of sp³-hybridized carbons (Fsp3) is 1.00. The van der Waals surface area contributed by atoms with E-state index in [0.29, 0.717) is 12.3 Å². The van der Waals surface area contributed by atoms with Gasteiger partial charge in [-0.15, -0.1) is 0 Å². The SMILES string of the molecule is CC1CCCC(F)C[C@H](F)C(C)C1. The lowest BCUT2D eigenvalue weighted by Crippen LogP contribution is -2.18. The molecule has 4 atom stereocenters. The maximum Gasteiger partial charge on any atom is 0.105 e. The van der Waals surface area contributed by atoms with Crippen molar-refractivity contribution in [2.24, 2.45) is 11.8 Å². The van der Waals surface area contributed by atoms with Crippen molar-refractivity contribution in [3.05, 3.63) is 0 Å². The van der Waals surface area contributed by atoms with Gasteiger partial charge in [-0.1, -0.05) is 26.7 Å². The van der Waals surface area contributed by atoms with E-state index in [2.05, 4.69) is 6.92 Å². The van der Waals surface area contributed by atoms with E-state index in [-0.39, 0.29) is 12.3 Å². The van der Waals surface area contributed by atoms with Crippen LogP contribution in [-0.4, -0.2) is 12.3 Å². The Morgan fingerprint density at radius 3 is 2.38 bits per heavy atom. The Hall–Kier alpha value is -0.140. The van der Waals surface area contributed by atoms with Crippen molar-refractivity contribution < 1.29 is 8.78 Å². The van der Waals surface area contributed by atoms with Crippen molar-refractivity contribution >= 4 is 0 Å². The normalized spacial score (nSPS) is 43.4. The zero-order valence-corrected chi connectivity index (χ0v) is 8.60. The molecule has 1 aliphatic carbocycles. The minimum Gasteiger partial charge on any atom is -0.247 e. The highest BCUT2D eigenvalue weighted by molar-refractivity contribution is 4.74. The molecule has 1 rings (SSSR count). The van der Waals surface area contributed by atoms with Crippen LogP contribution in [0.25, 0.3) is 0 Å². The van der Waals surface area contributed by atoms with Gasteiger partial charge in [0.25, 0.3) is 0 Å². The highest BCUT2D eigenvalue weighted by Gasteiger charge is 2.24. The predicted octanol–water partition coefficient (Wildman–Crippen LogP) is 3.90. The molecule has 1 saturated carbocycles. The zero-order valence-electron chi connectivity index (χ0n) is 8.60. The lowest BCUT2D eigenvalue weighted by molar-refractivity contribution is 0.159. The molecule has 0 amide bonds. The van der Waals surface area contributed by atoms with Gasteiger partial charge >= 0.3 is 0 Å². The smallest absolute Gasteiger partial charge is 0.105 e. The van der Waals surface area contributed by atoms with Gasteiger partial charge in [-0.2, -0.15) is 0 Å². The van der Waals surface area contributed by atoms with Crippen molar-refractivity contribution in [2.45, 2.75) is 58.3 Å². The van der Waals surface area contributed by atoms with E-state index in [1.807, 2.05) is 6.92 Å². The van der Waals surface area contributed by atoms with Crippen LogP contribution in [0.4, 0.5) is 8.78 Å². The third-order valence-corrected chi connectivity index (χ3v) is 3.09. The molecule has 2 heteroatoms. The Kier molecular flexibility index (Phi) is 4.14. The fourth-order valence-electron chi connectivity index (χ4n) is 2.18. The van der Waals surface area contributed by atoms with Gasteiger partial charge in [0.05, 0.1) is 0 Å². The molecule has 0 aromatic rings. The van der Waals surface area contributed by atoms with Crippen molar-refractivity contribution in [1.82, 2.24) is 0 Å². The van der Waals surface area contributed by atoms with E-state index in [4.69, 9.17) is 0 Å². The van der Waals surface area contributed by atoms with Crippen molar-refractivity contribution in [3.8, 4) is 0 Å². The number of rotatable bonds is 0. The van der Waals surface area contributed by atoms with Gasteiger partial charge in [-0.3, -0.25) is 0 Å². The molecule has 0 heterocycles. The van der Waals surface area contributed by atoms with Gasteiger partial charge < -0.3 is 0 Å². The standard InChI is InChI=1S/C11H20F2/c1-8-4-3-5-10(12)7-11(13)9(2)6-8/h8-11H,3-7H2,1-2H3/t8?,9?,10?,11-/m0/s1. The Balaban J connectivity index is 2.50. The van der Waals surface area contributed by atoms with Crippen LogP contribution in [0.3, 0.4) is 0 Å². The Bertz CT molecular complexity index is 131. The number of hydrogen-bond donors (Lipinski definition) is 0. The molecular weight excluding hydrogens is 170 g/mol. The first-order valence-corrected chi connectivity index (χ1v) is 5.37. The summed E-state index contributed by atoms with van der Waals surface area (Å²) in [7, 11) is 0. The summed E-state index contributed by atoms with van der Waals surface area (Å²) in [5, 5.41) is 0. The molecule has 0 aromatic carbocycles. The van der Waals surface area contributed by atoms with Crippen LogP contribution >= 0.6 is 0 Å². The van der Waals surface area contributed by atoms with Crippen LogP contribution in [-0.2, 0) is 0 Å². The summed E-state index contributed by atoms with van der Waals surface area (Å²) in [6.07, 6.45) is 1.71. The largest absolute Gasteiger partial charge is 0.247 e. The summed E-state index contributed by atoms with van der Waals surface area (Å²) in [6.45, 7) is 4.04. The zero-order chi connectivity index (χ0) is 9.84. The van der Waals surface area contributed by atoms with Gasteiger partial charge in [-0.05, 0) is 24.7 Å². The Morgan fingerprint density at radius 1 is 1.00 bits per heavy atom. The molecular formula is C11H20F2. The second kappa shape index (κ2) is 4.92. The number of hydrogen-bond acceptors (Lipinski definition) is 0. The predicted molar refractivity (Wildman–Crippen MR) is 51.2 cm³/mol. The highest BCUT2D eigenvalue weighted by atomic mass is 19.1.